The van der Waals surface area contributed by atoms with E-state index >= 15 is 0 Å². The van der Waals surface area contributed by atoms with Crippen LogP contribution in [0.5, 0.6) is 0 Å². The highest BCUT2D eigenvalue weighted by atomic mass is 16.6. The Balaban J connectivity index is 1.02. The second-order valence-corrected chi connectivity index (χ2v) is 11.4. The van der Waals surface area contributed by atoms with Crippen LogP contribution in [-0.4, -0.2) is 21.4 Å². The van der Waals surface area contributed by atoms with Crippen LogP contribution in [0.3, 0.4) is 0 Å². The van der Waals surface area contributed by atoms with E-state index in [1.54, 1.807) is 60.7 Å². The van der Waals surface area contributed by atoms with Crippen LogP contribution in [0.4, 0.5) is 56.9 Å². The Labute approximate surface area is 284 Å². The maximum absolute atomic E-state index is 13.7. The fourth-order valence-electron chi connectivity index (χ4n) is 5.58. The molecule has 1 aliphatic carbocycles. The van der Waals surface area contributed by atoms with Gasteiger partial charge < -0.3 is 21.3 Å². The first-order valence-electron chi connectivity index (χ1n) is 15.3. The zero-order chi connectivity index (χ0) is 34.8. The van der Waals surface area contributed by atoms with Crippen molar-refractivity contribution in [3.8, 4) is 0 Å². The first-order valence-corrected chi connectivity index (χ1v) is 15.3. The third kappa shape index (κ3) is 6.57. The average molecular weight is 663 g/mol. The van der Waals surface area contributed by atoms with E-state index in [1.807, 2.05) is 48.5 Å². The molecule has 0 heterocycles. The Hall–Kier alpha value is -7.34. The van der Waals surface area contributed by atoms with Gasteiger partial charge in [0.15, 0.2) is 11.6 Å². The summed E-state index contributed by atoms with van der Waals surface area (Å²) in [6.07, 6.45) is 0. The molecule has 4 N–H and O–H groups in total. The van der Waals surface area contributed by atoms with Crippen LogP contribution < -0.4 is 21.3 Å². The number of nitrogens with one attached hydrogen (secondary N) is 4. The number of nitrogens with zero attached hydrogens (tertiary/aromatic N) is 2. The van der Waals surface area contributed by atoms with Crippen LogP contribution >= 0.6 is 0 Å². The highest BCUT2D eigenvalue weighted by molar-refractivity contribution is 6.29. The van der Waals surface area contributed by atoms with E-state index in [9.17, 15) is 29.8 Å². The number of nitro groups is 2. The quantitative estimate of drug-likeness (QED) is 0.0818. The van der Waals surface area contributed by atoms with Crippen molar-refractivity contribution in [3.05, 3.63) is 176 Å². The molecular weight excluding hydrogens is 636 g/mol. The van der Waals surface area contributed by atoms with Gasteiger partial charge in [0.2, 0.25) is 0 Å². The van der Waals surface area contributed by atoms with Gasteiger partial charge in [-0.3, -0.25) is 29.8 Å². The third-order valence-corrected chi connectivity index (χ3v) is 8.10. The van der Waals surface area contributed by atoms with Crippen molar-refractivity contribution in [2.75, 3.05) is 21.3 Å². The number of nitro benzene ring substituents is 2. The minimum absolute atomic E-state index is 0.0146. The lowest BCUT2D eigenvalue weighted by Gasteiger charge is -2.20. The molecule has 1 aliphatic rings. The summed E-state index contributed by atoms with van der Waals surface area (Å²) in [6, 6.07) is 37.3. The summed E-state index contributed by atoms with van der Waals surface area (Å²) in [5.41, 5.74) is 7.11. The summed E-state index contributed by atoms with van der Waals surface area (Å²) < 4.78 is 0. The molecule has 0 radical (unpaired) electrons. The number of fused-ring (bicyclic) bond motifs is 2. The summed E-state index contributed by atoms with van der Waals surface area (Å²) in [5.74, 6) is -0.483. The van der Waals surface area contributed by atoms with Crippen LogP contribution in [-0.2, 0) is 0 Å². The molecule has 0 aliphatic heterocycles. The molecule has 50 heavy (non-hydrogen) atoms. The van der Waals surface area contributed by atoms with Gasteiger partial charge in [-0.2, -0.15) is 0 Å². The van der Waals surface area contributed by atoms with Crippen LogP contribution in [0.25, 0.3) is 0 Å². The topological polar surface area (TPSA) is 169 Å². The molecule has 0 aromatic heterocycles. The summed E-state index contributed by atoms with van der Waals surface area (Å²) in [7, 11) is 0. The van der Waals surface area contributed by atoms with Gasteiger partial charge >= 0.3 is 0 Å². The fourth-order valence-corrected chi connectivity index (χ4v) is 5.58. The molecular formula is C38H26N6O6. The first-order chi connectivity index (χ1) is 24.2. The van der Waals surface area contributed by atoms with E-state index in [1.165, 1.54) is 24.3 Å². The second-order valence-electron chi connectivity index (χ2n) is 11.4. The second kappa shape index (κ2) is 13.0. The van der Waals surface area contributed by atoms with Crippen molar-refractivity contribution in [1.29, 1.82) is 0 Å². The highest BCUT2D eigenvalue weighted by Crippen LogP contribution is 2.33. The van der Waals surface area contributed by atoms with Gasteiger partial charge in [0.05, 0.1) is 9.85 Å². The molecule has 0 spiro atoms. The zero-order valence-corrected chi connectivity index (χ0v) is 26.0. The number of rotatable bonds is 10. The molecule has 0 amide bonds. The molecule has 12 nitrogen and oxygen atoms in total. The zero-order valence-electron chi connectivity index (χ0n) is 26.0. The lowest BCUT2D eigenvalue weighted by molar-refractivity contribution is -0.385. The average Bonchev–Trinajstić information content (AvgIpc) is 3.13. The lowest BCUT2D eigenvalue weighted by atomic mass is 9.83. The minimum atomic E-state index is -0.447. The number of ketones is 2. The number of non-ortho nitro benzene ring substituents is 2. The summed E-state index contributed by atoms with van der Waals surface area (Å²) in [5, 5.41) is 34.8. The molecule has 6 aromatic rings. The van der Waals surface area contributed by atoms with Crippen molar-refractivity contribution in [3.63, 3.8) is 0 Å². The van der Waals surface area contributed by atoms with Crippen molar-refractivity contribution in [2.24, 2.45) is 0 Å². The van der Waals surface area contributed by atoms with Gasteiger partial charge in [0.1, 0.15) is 0 Å². The number of carbonyl (C=O) groups excluding carboxylic acids is 2. The number of hydrogen-bond acceptors (Lipinski definition) is 10. The molecule has 0 bridgehead atoms. The van der Waals surface area contributed by atoms with Crippen LogP contribution in [0, 0.1) is 20.2 Å². The van der Waals surface area contributed by atoms with Crippen LogP contribution in [0.1, 0.15) is 31.8 Å². The molecule has 0 fully saturated rings. The summed E-state index contributed by atoms with van der Waals surface area (Å²) in [6.45, 7) is 0. The predicted molar refractivity (Wildman–Crippen MR) is 192 cm³/mol. The third-order valence-electron chi connectivity index (χ3n) is 8.10. The number of hydrogen-bond donors (Lipinski definition) is 4. The van der Waals surface area contributed by atoms with Gasteiger partial charge in [-0.1, -0.05) is 0 Å². The molecule has 0 saturated carbocycles. The summed E-state index contributed by atoms with van der Waals surface area (Å²) >= 11 is 0. The Morgan fingerprint density at radius 1 is 0.340 bits per heavy atom. The van der Waals surface area contributed by atoms with E-state index in [0.29, 0.717) is 45.0 Å². The number of anilines is 8. The van der Waals surface area contributed by atoms with Crippen molar-refractivity contribution < 1.29 is 19.4 Å². The fraction of sp³-hybridized carbons (Fsp3) is 0. The largest absolute Gasteiger partial charge is 0.356 e. The Kier molecular flexibility index (Phi) is 8.16. The molecule has 244 valence electrons. The normalized spacial score (nSPS) is 11.6. The predicted octanol–water partition coefficient (Wildman–Crippen LogP) is 9.25. The van der Waals surface area contributed by atoms with E-state index in [4.69, 9.17) is 0 Å². The molecule has 7 rings (SSSR count). The maximum atomic E-state index is 13.7. The van der Waals surface area contributed by atoms with Gasteiger partial charge in [-0.15, -0.1) is 0 Å². The SMILES string of the molecule is O=C1c2ccc(Nc3ccc(Nc4ccc([N+](=O)[O-])cc4)cc3)cc2C(=O)c2cc(Nc3ccc(Nc4ccc([N+](=O)[O-])cc4)cc3)ccc21. The van der Waals surface area contributed by atoms with Crippen molar-refractivity contribution >= 4 is 68.4 Å². The lowest BCUT2D eigenvalue weighted by Crippen LogP contribution is -2.21. The van der Waals surface area contributed by atoms with E-state index in [0.717, 1.165) is 22.7 Å². The number of benzene rings is 6. The van der Waals surface area contributed by atoms with Crippen molar-refractivity contribution in [2.45, 2.75) is 0 Å². The molecule has 0 saturated heterocycles. The Morgan fingerprint density at radius 2 is 0.580 bits per heavy atom. The van der Waals surface area contributed by atoms with Gasteiger partial charge in [-0.25, -0.2) is 0 Å². The van der Waals surface area contributed by atoms with Gasteiger partial charge in [0, 0.05) is 92.0 Å². The van der Waals surface area contributed by atoms with Crippen LogP contribution in [0.15, 0.2) is 133 Å². The molecule has 0 atom stereocenters. The minimum Gasteiger partial charge on any atom is -0.356 e. The molecule has 12 heteroatoms. The van der Waals surface area contributed by atoms with E-state index in [-0.39, 0.29) is 22.9 Å². The smallest absolute Gasteiger partial charge is 0.269 e. The Bertz CT molecular complexity index is 2130. The van der Waals surface area contributed by atoms with Crippen molar-refractivity contribution in [1.82, 2.24) is 0 Å². The Morgan fingerprint density at radius 3 is 0.880 bits per heavy atom. The van der Waals surface area contributed by atoms with Gasteiger partial charge in [-0.05, 0) is 109 Å². The van der Waals surface area contributed by atoms with Crippen LogP contribution in [0.2, 0.25) is 0 Å². The molecule has 0 unspecified atom stereocenters. The van der Waals surface area contributed by atoms with E-state index < -0.39 is 9.85 Å². The molecule has 6 aromatic carbocycles. The maximum Gasteiger partial charge on any atom is 0.269 e. The van der Waals surface area contributed by atoms with E-state index in [2.05, 4.69) is 21.3 Å². The standard InChI is InChI=1S/C38H26N6O6/c45-37-33-19-13-29(41-25-5-1-23(2-6-25)39-27-9-15-31(16-10-27)43(47)48)21-35(33)38(46)36-22-30(14-20-34(36)37)42-26-7-3-24(4-8-26)40-28-11-17-32(18-12-28)44(49)50/h1-22,39-42H. The monoisotopic (exact) mass is 662 g/mol. The highest BCUT2D eigenvalue weighted by Gasteiger charge is 2.30. The van der Waals surface area contributed by atoms with Gasteiger partial charge in [0.25, 0.3) is 11.4 Å². The number of carbonyl (C=O) groups is 2. The first kappa shape index (κ1) is 31.3. The summed E-state index contributed by atoms with van der Waals surface area (Å²) in [4.78, 5) is 48.0.